The first kappa shape index (κ1) is 29.0. The zero-order valence-corrected chi connectivity index (χ0v) is 22.0. The normalized spacial score (nSPS) is 11.4. The second-order valence-electron chi connectivity index (χ2n) is 7.96. The summed E-state index contributed by atoms with van der Waals surface area (Å²) in [5.74, 6) is -0.151. The predicted octanol–water partition coefficient (Wildman–Crippen LogP) is 5.83. The van der Waals surface area contributed by atoms with Crippen LogP contribution in [0.3, 0.4) is 0 Å². The molecule has 0 aliphatic heterocycles. The zero-order chi connectivity index (χ0) is 25.0. The van der Waals surface area contributed by atoms with Crippen LogP contribution in [0.2, 0.25) is 0 Å². The van der Waals surface area contributed by atoms with Crippen LogP contribution in [0.15, 0.2) is 48.5 Å². The third kappa shape index (κ3) is 8.33. The molecule has 33 heavy (non-hydrogen) atoms. The SMILES string of the molecule is CC(C)N(C(=O)CCl)c1ccccc1.CCc1cccc(C)c1N(C(=O)CCl)C(C)COC. The number of aryl methyl sites for hydroxylation is 2. The molecule has 0 N–H and O–H groups in total. The van der Waals surface area contributed by atoms with Crippen molar-refractivity contribution < 1.29 is 14.3 Å². The number of nitrogens with zero attached hydrogens (tertiary/aromatic N) is 2. The minimum atomic E-state index is -0.0878. The molecule has 1 unspecified atom stereocenters. The molecule has 0 aliphatic carbocycles. The van der Waals surface area contributed by atoms with Gasteiger partial charge in [-0.1, -0.05) is 43.3 Å². The van der Waals surface area contributed by atoms with E-state index < -0.39 is 0 Å². The van der Waals surface area contributed by atoms with E-state index in [9.17, 15) is 9.59 Å². The number of carbonyl (C=O) groups is 2. The van der Waals surface area contributed by atoms with Crippen molar-refractivity contribution in [2.24, 2.45) is 0 Å². The van der Waals surface area contributed by atoms with Gasteiger partial charge in [0.1, 0.15) is 11.8 Å². The van der Waals surface area contributed by atoms with Gasteiger partial charge in [-0.2, -0.15) is 0 Å². The highest BCUT2D eigenvalue weighted by atomic mass is 35.5. The number of amides is 2. The van der Waals surface area contributed by atoms with Crippen LogP contribution in [0.1, 0.15) is 38.8 Å². The summed E-state index contributed by atoms with van der Waals surface area (Å²) in [6.07, 6.45) is 0.878. The number of carbonyl (C=O) groups excluding carboxylic acids is 2. The maximum Gasteiger partial charge on any atom is 0.242 e. The van der Waals surface area contributed by atoms with E-state index in [-0.39, 0.29) is 35.7 Å². The van der Waals surface area contributed by atoms with Crippen LogP contribution in [0.5, 0.6) is 0 Å². The summed E-state index contributed by atoms with van der Waals surface area (Å²) in [5.41, 5.74) is 4.11. The van der Waals surface area contributed by atoms with Crippen LogP contribution < -0.4 is 9.80 Å². The minimum Gasteiger partial charge on any atom is -0.383 e. The van der Waals surface area contributed by atoms with Gasteiger partial charge >= 0.3 is 0 Å². The second kappa shape index (κ2) is 14.9. The molecule has 1 atom stereocenters. The minimum absolute atomic E-state index is 0.0209. The molecule has 0 saturated heterocycles. The molecule has 0 aromatic heterocycles. The van der Waals surface area contributed by atoms with E-state index in [1.165, 1.54) is 0 Å². The van der Waals surface area contributed by atoms with Gasteiger partial charge in [-0.05, 0) is 57.4 Å². The summed E-state index contributed by atoms with van der Waals surface area (Å²) in [4.78, 5) is 27.2. The number of hydrogen-bond acceptors (Lipinski definition) is 3. The number of halogens is 2. The summed E-state index contributed by atoms with van der Waals surface area (Å²) in [7, 11) is 1.64. The van der Waals surface area contributed by atoms with Crippen molar-refractivity contribution in [3.63, 3.8) is 0 Å². The number of methoxy groups -OCH3 is 1. The first-order valence-corrected chi connectivity index (χ1v) is 12.2. The molecule has 0 bridgehead atoms. The standard InChI is InChI=1S/C15H22ClNO2.C11H14ClNO/c1-5-13-8-6-7-11(2)15(13)17(14(18)9-16)12(3)10-19-4;1-9(2)13(11(14)8-12)10-6-4-3-5-7-10/h6-8,12H,5,9-10H2,1-4H3;3-7,9H,8H2,1-2H3. The van der Waals surface area contributed by atoms with E-state index in [4.69, 9.17) is 27.9 Å². The van der Waals surface area contributed by atoms with Gasteiger partial charge in [0.05, 0.1) is 18.3 Å². The van der Waals surface area contributed by atoms with Gasteiger partial charge in [0, 0.05) is 18.8 Å². The van der Waals surface area contributed by atoms with E-state index >= 15 is 0 Å². The number of hydrogen-bond donors (Lipinski definition) is 0. The van der Waals surface area contributed by atoms with Crippen LogP contribution >= 0.6 is 23.2 Å². The van der Waals surface area contributed by atoms with Crippen LogP contribution in [-0.4, -0.2) is 49.4 Å². The van der Waals surface area contributed by atoms with Crippen molar-refractivity contribution in [2.45, 2.75) is 53.1 Å². The van der Waals surface area contributed by atoms with E-state index in [1.54, 1.807) is 16.9 Å². The molecule has 0 aliphatic rings. The molecule has 2 rings (SSSR count). The summed E-state index contributed by atoms with van der Waals surface area (Å²) < 4.78 is 5.18. The lowest BCUT2D eigenvalue weighted by Crippen LogP contribution is -2.43. The van der Waals surface area contributed by atoms with Gasteiger partial charge in [0.25, 0.3) is 0 Å². The molecule has 0 heterocycles. The third-order valence-electron chi connectivity index (χ3n) is 5.11. The highest BCUT2D eigenvalue weighted by molar-refractivity contribution is 6.30. The van der Waals surface area contributed by atoms with Crippen LogP contribution in [-0.2, 0) is 20.7 Å². The molecule has 2 amide bonds. The van der Waals surface area contributed by atoms with Crippen molar-refractivity contribution in [2.75, 3.05) is 35.3 Å². The van der Waals surface area contributed by atoms with E-state index in [0.717, 1.165) is 28.9 Å². The highest BCUT2D eigenvalue weighted by Crippen LogP contribution is 2.28. The summed E-state index contributed by atoms with van der Waals surface area (Å²) in [6, 6.07) is 15.7. The topological polar surface area (TPSA) is 49.9 Å². The monoisotopic (exact) mass is 494 g/mol. The van der Waals surface area contributed by atoms with Crippen molar-refractivity contribution in [1.82, 2.24) is 0 Å². The summed E-state index contributed by atoms with van der Waals surface area (Å²) in [5, 5.41) is 0. The van der Waals surface area contributed by atoms with Crippen molar-refractivity contribution >= 4 is 46.4 Å². The predicted molar refractivity (Wildman–Crippen MR) is 140 cm³/mol. The molecule has 2 aromatic carbocycles. The fourth-order valence-electron chi connectivity index (χ4n) is 3.70. The third-order valence-corrected chi connectivity index (χ3v) is 5.57. The molecular weight excluding hydrogens is 459 g/mol. The quantitative estimate of drug-likeness (QED) is 0.412. The maximum absolute atomic E-state index is 12.2. The number of rotatable bonds is 9. The van der Waals surface area contributed by atoms with Crippen molar-refractivity contribution in [3.8, 4) is 0 Å². The van der Waals surface area contributed by atoms with Gasteiger partial charge in [-0.25, -0.2) is 0 Å². The Bertz CT molecular complexity index is 875. The molecular formula is C26H36Cl2N2O3. The Morgan fingerprint density at radius 1 is 0.909 bits per heavy atom. The number of ether oxygens (including phenoxy) is 1. The maximum atomic E-state index is 12.2. The zero-order valence-electron chi connectivity index (χ0n) is 20.5. The molecule has 182 valence electrons. The van der Waals surface area contributed by atoms with Gasteiger partial charge in [0.2, 0.25) is 11.8 Å². The van der Waals surface area contributed by atoms with Crippen molar-refractivity contribution in [1.29, 1.82) is 0 Å². The Kier molecular flexibility index (Phi) is 13.1. The van der Waals surface area contributed by atoms with E-state index in [0.29, 0.717) is 6.61 Å². The van der Waals surface area contributed by atoms with Crippen LogP contribution in [0, 0.1) is 6.92 Å². The summed E-state index contributed by atoms with van der Waals surface area (Å²) in [6.45, 7) is 10.5. The Morgan fingerprint density at radius 3 is 1.97 bits per heavy atom. The Labute approximate surface area is 208 Å². The molecule has 0 fully saturated rings. The van der Waals surface area contributed by atoms with Crippen LogP contribution in [0.25, 0.3) is 0 Å². The first-order chi connectivity index (χ1) is 15.7. The molecule has 0 spiro atoms. The first-order valence-electron chi connectivity index (χ1n) is 11.1. The highest BCUT2D eigenvalue weighted by Gasteiger charge is 2.24. The molecule has 7 heteroatoms. The number of benzene rings is 2. The van der Waals surface area contributed by atoms with Crippen molar-refractivity contribution in [3.05, 3.63) is 59.7 Å². The van der Waals surface area contributed by atoms with Gasteiger partial charge < -0.3 is 14.5 Å². The molecule has 0 radical (unpaired) electrons. The molecule has 0 saturated carbocycles. The lowest BCUT2D eigenvalue weighted by molar-refractivity contribution is -0.117. The largest absolute Gasteiger partial charge is 0.383 e. The van der Waals surface area contributed by atoms with Crippen LogP contribution in [0.4, 0.5) is 11.4 Å². The van der Waals surface area contributed by atoms with E-state index in [1.807, 2.05) is 70.2 Å². The fraction of sp³-hybridized carbons (Fsp3) is 0.462. The Hall–Kier alpha value is -2.08. The fourth-order valence-corrected chi connectivity index (χ4v) is 3.96. The average molecular weight is 495 g/mol. The number of anilines is 2. The molecule has 2 aromatic rings. The lowest BCUT2D eigenvalue weighted by Gasteiger charge is -2.31. The van der Waals surface area contributed by atoms with E-state index in [2.05, 4.69) is 13.0 Å². The smallest absolute Gasteiger partial charge is 0.242 e. The lowest BCUT2D eigenvalue weighted by atomic mass is 10.0. The Balaban J connectivity index is 0.000000346. The molecule has 5 nitrogen and oxygen atoms in total. The Morgan fingerprint density at radius 2 is 1.48 bits per heavy atom. The van der Waals surface area contributed by atoms with Gasteiger partial charge in [0.15, 0.2) is 0 Å². The van der Waals surface area contributed by atoms with Gasteiger partial charge in [-0.3, -0.25) is 9.59 Å². The number of alkyl halides is 2. The summed E-state index contributed by atoms with van der Waals surface area (Å²) >= 11 is 11.3. The average Bonchev–Trinajstić information content (AvgIpc) is 2.81. The number of para-hydroxylation sites is 2. The van der Waals surface area contributed by atoms with Gasteiger partial charge in [-0.15, -0.1) is 23.2 Å². The second-order valence-corrected chi connectivity index (χ2v) is 8.50.